The molecule has 5 rings (SSSR count). The van der Waals surface area contributed by atoms with Crippen LogP contribution in [0.1, 0.15) is 29.7 Å². The van der Waals surface area contributed by atoms with Crippen LogP contribution >= 0.6 is 24.0 Å². The van der Waals surface area contributed by atoms with Gasteiger partial charge < -0.3 is 10.1 Å². The number of hydrogen-bond donors (Lipinski definition) is 1. The average Bonchev–Trinajstić information content (AvgIpc) is 3.19. The van der Waals surface area contributed by atoms with Gasteiger partial charge in [-0.05, 0) is 37.1 Å². The Morgan fingerprint density at radius 1 is 1.16 bits per heavy atom. The summed E-state index contributed by atoms with van der Waals surface area (Å²) >= 11 is 6.80. The molecule has 2 saturated heterocycles. The number of thiocarbonyl (C=S) groups is 1. The first-order valence-corrected chi connectivity index (χ1v) is 13.5. The molecule has 1 N–H and O–H groups in total. The standard InChI is InChI=1S/C27H29N5O3S2/c1-18-7-6-11-31-24(18)29-23(28-10-12-30-13-15-35-16-14-30)21(25(31)33)17-22-26(34)32(27(36)37-22)19(2)20-8-4-3-5-9-20/h3-9,11,17,19,28H,10,12-16H2,1-2H3/b22-17-. The fraction of sp³-hybridized carbons (Fsp3) is 0.333. The van der Waals surface area contributed by atoms with E-state index in [0.717, 1.165) is 44.0 Å². The van der Waals surface area contributed by atoms with Gasteiger partial charge in [0, 0.05) is 32.4 Å². The van der Waals surface area contributed by atoms with Crippen molar-refractivity contribution < 1.29 is 9.53 Å². The highest BCUT2D eigenvalue weighted by Gasteiger charge is 2.36. The van der Waals surface area contributed by atoms with Gasteiger partial charge >= 0.3 is 0 Å². The topological polar surface area (TPSA) is 79.2 Å². The number of carbonyl (C=O) groups is 1. The number of carbonyl (C=O) groups excluding carboxylic acids is 1. The third-order valence-corrected chi connectivity index (χ3v) is 8.01. The fourth-order valence-electron chi connectivity index (χ4n) is 4.56. The highest BCUT2D eigenvalue weighted by atomic mass is 32.2. The first kappa shape index (κ1) is 25.6. The van der Waals surface area contributed by atoms with E-state index in [9.17, 15) is 9.59 Å². The van der Waals surface area contributed by atoms with Crippen LogP contribution in [0.25, 0.3) is 11.7 Å². The minimum absolute atomic E-state index is 0.209. The Bertz CT molecular complexity index is 1420. The molecule has 37 heavy (non-hydrogen) atoms. The van der Waals surface area contributed by atoms with Crippen LogP contribution in [0.2, 0.25) is 0 Å². The SMILES string of the molecule is Cc1cccn2c(=O)c(/C=C3\SC(=S)N(C(C)c4ccccc4)C3=O)c(NCCN3CCOCC3)nc12. The first-order chi connectivity index (χ1) is 17.9. The second-order valence-corrected chi connectivity index (χ2v) is 10.8. The van der Waals surface area contributed by atoms with Crippen LogP contribution < -0.4 is 10.9 Å². The molecule has 0 spiro atoms. The maximum Gasteiger partial charge on any atom is 0.267 e. The summed E-state index contributed by atoms with van der Waals surface area (Å²) in [5, 5.41) is 3.36. The molecule has 10 heteroatoms. The predicted octanol–water partition coefficient (Wildman–Crippen LogP) is 3.71. The second kappa shape index (κ2) is 11.1. The van der Waals surface area contributed by atoms with E-state index in [-0.39, 0.29) is 17.5 Å². The molecular weight excluding hydrogens is 506 g/mol. The molecule has 2 aliphatic heterocycles. The van der Waals surface area contributed by atoms with Crippen molar-refractivity contribution in [2.24, 2.45) is 0 Å². The van der Waals surface area contributed by atoms with Gasteiger partial charge in [-0.15, -0.1) is 0 Å². The summed E-state index contributed by atoms with van der Waals surface area (Å²) in [7, 11) is 0. The van der Waals surface area contributed by atoms with Crippen molar-refractivity contribution in [1.82, 2.24) is 19.2 Å². The van der Waals surface area contributed by atoms with Crippen LogP contribution in [0.5, 0.6) is 0 Å². The van der Waals surface area contributed by atoms with E-state index in [1.165, 1.54) is 16.2 Å². The van der Waals surface area contributed by atoms with E-state index in [4.69, 9.17) is 21.9 Å². The average molecular weight is 536 g/mol. The zero-order chi connectivity index (χ0) is 25.9. The molecule has 192 valence electrons. The molecule has 3 aromatic rings. The maximum atomic E-state index is 13.6. The zero-order valence-corrected chi connectivity index (χ0v) is 22.5. The summed E-state index contributed by atoms with van der Waals surface area (Å²) < 4.78 is 7.43. The van der Waals surface area contributed by atoms with Crippen molar-refractivity contribution >= 4 is 51.7 Å². The molecule has 0 saturated carbocycles. The third-order valence-electron chi connectivity index (χ3n) is 6.68. The molecule has 2 aromatic heterocycles. The lowest BCUT2D eigenvalue weighted by molar-refractivity contribution is -0.123. The smallest absolute Gasteiger partial charge is 0.267 e. The number of morpholine rings is 1. The summed E-state index contributed by atoms with van der Waals surface area (Å²) in [6.07, 6.45) is 3.34. The Morgan fingerprint density at radius 3 is 2.68 bits per heavy atom. The second-order valence-electron chi connectivity index (χ2n) is 9.08. The Balaban J connectivity index is 1.48. The Morgan fingerprint density at radius 2 is 1.92 bits per heavy atom. The molecule has 2 fully saturated rings. The monoisotopic (exact) mass is 535 g/mol. The summed E-state index contributed by atoms with van der Waals surface area (Å²) in [4.78, 5) is 36.2. The van der Waals surface area contributed by atoms with Crippen LogP contribution in [0.3, 0.4) is 0 Å². The largest absolute Gasteiger partial charge is 0.379 e. The number of hydrogen-bond acceptors (Lipinski definition) is 8. The normalized spacial score (nSPS) is 18.6. The quantitative estimate of drug-likeness (QED) is 0.362. The van der Waals surface area contributed by atoms with Gasteiger partial charge in [0.1, 0.15) is 15.8 Å². The molecule has 2 aliphatic rings. The summed E-state index contributed by atoms with van der Waals surface area (Å²) in [5.74, 6) is 0.258. The fourth-order valence-corrected chi connectivity index (χ4v) is 5.96. The van der Waals surface area contributed by atoms with Crippen molar-refractivity contribution in [2.75, 3.05) is 44.7 Å². The predicted molar refractivity (Wildman–Crippen MR) is 152 cm³/mol. The number of aromatic nitrogens is 2. The number of pyridine rings is 1. The van der Waals surface area contributed by atoms with Crippen LogP contribution in [0, 0.1) is 6.92 Å². The van der Waals surface area contributed by atoms with Crippen LogP contribution in [-0.4, -0.2) is 68.8 Å². The molecule has 4 heterocycles. The van der Waals surface area contributed by atoms with Crippen molar-refractivity contribution in [3.8, 4) is 0 Å². The number of aryl methyl sites for hydroxylation is 1. The van der Waals surface area contributed by atoms with E-state index in [0.29, 0.717) is 32.8 Å². The van der Waals surface area contributed by atoms with Crippen LogP contribution in [0.4, 0.5) is 5.82 Å². The molecule has 0 bridgehead atoms. The van der Waals surface area contributed by atoms with Gasteiger partial charge in [-0.25, -0.2) is 4.98 Å². The van der Waals surface area contributed by atoms with Gasteiger partial charge in [0.2, 0.25) is 0 Å². The van der Waals surface area contributed by atoms with E-state index in [1.807, 2.05) is 56.3 Å². The first-order valence-electron chi connectivity index (χ1n) is 12.3. The van der Waals surface area contributed by atoms with Crippen LogP contribution in [-0.2, 0) is 9.53 Å². The number of anilines is 1. The van der Waals surface area contributed by atoms with Crippen molar-refractivity contribution in [2.45, 2.75) is 19.9 Å². The van der Waals surface area contributed by atoms with E-state index < -0.39 is 0 Å². The number of ether oxygens (including phenoxy) is 1. The maximum absolute atomic E-state index is 13.6. The highest BCUT2D eigenvalue weighted by Crippen LogP contribution is 2.38. The molecular formula is C27H29N5O3S2. The van der Waals surface area contributed by atoms with Crippen molar-refractivity contribution in [1.29, 1.82) is 0 Å². The van der Waals surface area contributed by atoms with Gasteiger partial charge in [-0.1, -0.05) is 60.4 Å². The van der Waals surface area contributed by atoms with Gasteiger partial charge in [-0.2, -0.15) is 0 Å². The highest BCUT2D eigenvalue weighted by molar-refractivity contribution is 8.26. The van der Waals surface area contributed by atoms with E-state index in [1.54, 1.807) is 17.2 Å². The van der Waals surface area contributed by atoms with Gasteiger partial charge in [0.05, 0.1) is 29.7 Å². The number of benzene rings is 1. The number of fused-ring (bicyclic) bond motifs is 1. The Kier molecular flexibility index (Phi) is 7.71. The number of nitrogens with zero attached hydrogens (tertiary/aromatic N) is 4. The molecule has 1 amide bonds. The summed E-state index contributed by atoms with van der Waals surface area (Å²) in [6, 6.07) is 13.3. The van der Waals surface area contributed by atoms with Gasteiger partial charge in [0.25, 0.3) is 11.5 Å². The minimum atomic E-state index is -0.232. The minimum Gasteiger partial charge on any atom is -0.379 e. The lowest BCUT2D eigenvalue weighted by Crippen LogP contribution is -2.39. The molecule has 1 unspecified atom stereocenters. The molecule has 1 atom stereocenters. The van der Waals surface area contributed by atoms with Crippen molar-refractivity contribution in [3.05, 3.63) is 80.6 Å². The lowest BCUT2D eigenvalue weighted by atomic mass is 10.1. The van der Waals surface area contributed by atoms with Crippen molar-refractivity contribution in [3.63, 3.8) is 0 Å². The number of amides is 1. The summed E-state index contributed by atoms with van der Waals surface area (Å²) in [6.45, 7) is 8.50. The molecule has 0 radical (unpaired) electrons. The zero-order valence-electron chi connectivity index (χ0n) is 20.8. The Hall–Kier alpha value is -3.05. The van der Waals surface area contributed by atoms with E-state index in [2.05, 4.69) is 10.2 Å². The van der Waals surface area contributed by atoms with Gasteiger partial charge in [0.15, 0.2) is 0 Å². The van der Waals surface area contributed by atoms with Crippen LogP contribution in [0.15, 0.2) is 58.4 Å². The summed E-state index contributed by atoms with van der Waals surface area (Å²) in [5.41, 5.74) is 2.59. The number of thioether (sulfide) groups is 1. The molecule has 0 aliphatic carbocycles. The third kappa shape index (κ3) is 5.33. The molecule has 8 nitrogen and oxygen atoms in total. The Labute approximate surface area is 225 Å². The number of nitrogens with one attached hydrogen (secondary N) is 1. The van der Waals surface area contributed by atoms with E-state index >= 15 is 0 Å². The number of rotatable bonds is 7. The lowest BCUT2D eigenvalue weighted by Gasteiger charge is -2.26. The molecule has 1 aromatic carbocycles. The van der Waals surface area contributed by atoms with Gasteiger partial charge in [-0.3, -0.25) is 23.8 Å².